The minimum absolute atomic E-state index is 0. The Balaban J connectivity index is 0.00000364. The zero-order chi connectivity index (χ0) is 32.4. The van der Waals surface area contributed by atoms with E-state index in [-0.39, 0.29) is 32.2 Å². The van der Waals surface area contributed by atoms with Crippen LogP contribution in [0, 0.1) is 13.8 Å². The van der Waals surface area contributed by atoms with E-state index in [4.69, 9.17) is 15.0 Å². The minimum Gasteiger partial charge on any atom is -0.663 e. The summed E-state index contributed by atoms with van der Waals surface area (Å²) in [5.41, 5.74) is 12.6. The van der Waals surface area contributed by atoms with Gasteiger partial charge in [0.1, 0.15) is 17.1 Å². The SMILES string of the molecule is Cc1cc(C)cc(-c2cc(-c3cccc4c3nc(-c3cc(C(C)(C)C)cc5cc[n-]c35)n4-c3ccccc3)nc3c(O)cccc23)c1.[Pt]. The molecule has 0 fully saturated rings. The standard InChI is InChI=1S/C42H35N4O.Pt/c1-25-19-26(2)21-28(20-25)33-24-35(44-40-31(33)13-10-16-37(40)47)32-14-9-15-36-39(32)45-41(46(36)30-11-7-6-8-12-30)34-23-29(42(3,4)5)22-27-17-18-43-38(27)34;/h6-24H,1-5H3,(H-,43,44,45,47);/q-1;. The summed E-state index contributed by atoms with van der Waals surface area (Å²) in [5, 5.41) is 13.1. The molecule has 0 aliphatic rings. The van der Waals surface area contributed by atoms with E-state index in [1.165, 1.54) is 16.7 Å². The quantitative estimate of drug-likeness (QED) is 0.192. The summed E-state index contributed by atoms with van der Waals surface area (Å²) in [6, 6.07) is 37.5. The van der Waals surface area contributed by atoms with Gasteiger partial charge in [0.15, 0.2) is 0 Å². The molecule has 6 heteroatoms. The van der Waals surface area contributed by atoms with Crippen molar-refractivity contribution in [2.45, 2.75) is 40.0 Å². The van der Waals surface area contributed by atoms with Crippen LogP contribution >= 0.6 is 0 Å². The molecule has 1 N–H and O–H groups in total. The number of fused-ring (bicyclic) bond motifs is 3. The number of hydrogen-bond donors (Lipinski definition) is 1. The summed E-state index contributed by atoms with van der Waals surface area (Å²) < 4.78 is 2.23. The number of phenolic OH excluding ortho intramolecular Hbond substituents is 1. The van der Waals surface area contributed by atoms with E-state index in [9.17, 15) is 5.11 Å². The first-order chi connectivity index (χ1) is 22.7. The van der Waals surface area contributed by atoms with Gasteiger partial charge in [0.2, 0.25) is 0 Å². The molecule has 0 atom stereocenters. The third kappa shape index (κ3) is 5.33. The van der Waals surface area contributed by atoms with Crippen molar-refractivity contribution < 1.29 is 26.2 Å². The number of hydrogen-bond acceptors (Lipinski definition) is 3. The Bertz CT molecular complexity index is 2460. The normalized spacial score (nSPS) is 11.8. The molecule has 0 saturated heterocycles. The fraction of sp³-hybridized carbons (Fsp3) is 0.143. The Morgan fingerprint density at radius 1 is 0.688 bits per heavy atom. The summed E-state index contributed by atoms with van der Waals surface area (Å²) in [7, 11) is 0. The summed E-state index contributed by atoms with van der Waals surface area (Å²) in [4.78, 5) is 15.3. The van der Waals surface area contributed by atoms with Gasteiger partial charge in [-0.3, -0.25) is 4.57 Å². The number of phenols is 1. The first-order valence-corrected chi connectivity index (χ1v) is 16.0. The van der Waals surface area contributed by atoms with Gasteiger partial charge in [-0.2, -0.15) is 6.20 Å². The van der Waals surface area contributed by atoms with Crippen molar-refractivity contribution in [2.75, 3.05) is 0 Å². The molecule has 0 bridgehead atoms. The molecule has 0 saturated carbocycles. The molecule has 0 aliphatic heterocycles. The number of aromatic nitrogens is 4. The predicted molar refractivity (Wildman–Crippen MR) is 193 cm³/mol. The zero-order valence-electron chi connectivity index (χ0n) is 27.5. The number of rotatable bonds is 4. The van der Waals surface area contributed by atoms with Crippen LogP contribution in [0.1, 0.15) is 37.5 Å². The number of aromatic hydroxyl groups is 1. The van der Waals surface area contributed by atoms with Crippen LogP contribution in [-0.2, 0) is 26.5 Å². The van der Waals surface area contributed by atoms with Gasteiger partial charge in [-0.25, -0.2) is 9.97 Å². The van der Waals surface area contributed by atoms with Crippen LogP contribution in [0.5, 0.6) is 5.75 Å². The van der Waals surface area contributed by atoms with Crippen molar-refractivity contribution in [3.8, 4) is 45.2 Å². The van der Waals surface area contributed by atoms with E-state index in [0.717, 1.165) is 66.8 Å². The van der Waals surface area contributed by atoms with Gasteiger partial charge in [-0.15, -0.1) is 5.52 Å². The monoisotopic (exact) mass is 806 g/mol. The summed E-state index contributed by atoms with van der Waals surface area (Å²) in [6.07, 6.45) is 1.88. The van der Waals surface area contributed by atoms with Crippen LogP contribution in [0.3, 0.4) is 0 Å². The molecule has 240 valence electrons. The van der Waals surface area contributed by atoms with Crippen molar-refractivity contribution in [1.29, 1.82) is 0 Å². The van der Waals surface area contributed by atoms with Gasteiger partial charge in [-0.1, -0.05) is 105 Å². The van der Waals surface area contributed by atoms with Gasteiger partial charge in [-0.05, 0) is 77.7 Å². The second kappa shape index (κ2) is 11.9. The molecule has 3 heterocycles. The van der Waals surface area contributed by atoms with E-state index in [1.807, 2.05) is 24.4 Å². The molecule has 5 nitrogen and oxygen atoms in total. The van der Waals surface area contributed by atoms with Crippen LogP contribution in [0.4, 0.5) is 0 Å². The molecule has 8 rings (SSSR count). The summed E-state index contributed by atoms with van der Waals surface area (Å²) >= 11 is 0. The topological polar surface area (TPSA) is 65.0 Å². The first kappa shape index (κ1) is 31.6. The van der Waals surface area contributed by atoms with Crippen molar-refractivity contribution in [2.24, 2.45) is 0 Å². The molecular weight excluding hydrogens is 772 g/mol. The number of nitrogens with zero attached hydrogens (tertiary/aromatic N) is 4. The first-order valence-electron chi connectivity index (χ1n) is 16.0. The number of para-hydroxylation sites is 3. The molecule has 0 amide bonds. The molecule has 0 aliphatic carbocycles. The second-order valence-electron chi connectivity index (χ2n) is 13.5. The van der Waals surface area contributed by atoms with E-state index in [0.29, 0.717) is 5.52 Å². The van der Waals surface area contributed by atoms with Gasteiger partial charge in [0.05, 0.1) is 16.7 Å². The summed E-state index contributed by atoms with van der Waals surface area (Å²) in [5.74, 6) is 0.980. The Morgan fingerprint density at radius 2 is 1.44 bits per heavy atom. The van der Waals surface area contributed by atoms with Crippen LogP contribution < -0.4 is 4.98 Å². The molecule has 8 aromatic rings. The largest absolute Gasteiger partial charge is 0.663 e. The zero-order valence-corrected chi connectivity index (χ0v) is 29.8. The van der Waals surface area contributed by atoms with E-state index >= 15 is 0 Å². The van der Waals surface area contributed by atoms with Crippen LogP contribution in [0.25, 0.3) is 72.3 Å². The molecular formula is C42H35N4OPt-. The van der Waals surface area contributed by atoms with E-state index in [2.05, 4.69) is 124 Å². The molecule has 0 radical (unpaired) electrons. The maximum absolute atomic E-state index is 11.1. The van der Waals surface area contributed by atoms with Gasteiger partial charge in [0.25, 0.3) is 0 Å². The van der Waals surface area contributed by atoms with Crippen LogP contribution in [-0.4, -0.2) is 19.6 Å². The Labute approximate surface area is 294 Å². The third-order valence-corrected chi connectivity index (χ3v) is 9.03. The maximum atomic E-state index is 11.1. The Kier molecular flexibility index (Phi) is 7.84. The maximum Gasteiger partial charge on any atom is 0.144 e. The van der Waals surface area contributed by atoms with Gasteiger partial charge < -0.3 is 10.1 Å². The number of imidazole rings is 1. The average Bonchev–Trinajstić information content (AvgIpc) is 3.69. The second-order valence-corrected chi connectivity index (χ2v) is 13.5. The van der Waals surface area contributed by atoms with Gasteiger partial charge in [0, 0.05) is 43.3 Å². The Hall–Kier alpha value is -4.99. The van der Waals surface area contributed by atoms with E-state index in [1.54, 1.807) is 6.07 Å². The molecule has 0 spiro atoms. The fourth-order valence-electron chi connectivity index (χ4n) is 6.79. The molecule has 3 aromatic heterocycles. The number of pyridine rings is 1. The predicted octanol–water partition coefficient (Wildman–Crippen LogP) is 10.3. The van der Waals surface area contributed by atoms with Crippen molar-refractivity contribution >= 4 is 32.8 Å². The smallest absolute Gasteiger partial charge is 0.144 e. The van der Waals surface area contributed by atoms with E-state index < -0.39 is 0 Å². The molecule has 0 unspecified atom stereocenters. The van der Waals surface area contributed by atoms with Gasteiger partial charge >= 0.3 is 0 Å². The molecule has 5 aromatic carbocycles. The number of benzene rings is 5. The minimum atomic E-state index is -0.0590. The van der Waals surface area contributed by atoms with Crippen molar-refractivity contribution in [3.63, 3.8) is 0 Å². The summed E-state index contributed by atoms with van der Waals surface area (Å²) in [6.45, 7) is 10.9. The number of aryl methyl sites for hydroxylation is 2. The van der Waals surface area contributed by atoms with Crippen LogP contribution in [0.15, 0.2) is 115 Å². The molecule has 48 heavy (non-hydrogen) atoms. The fourth-order valence-corrected chi connectivity index (χ4v) is 6.79. The third-order valence-electron chi connectivity index (χ3n) is 9.03. The van der Waals surface area contributed by atoms with Crippen molar-refractivity contribution in [1.82, 2.24) is 19.5 Å². The van der Waals surface area contributed by atoms with Crippen molar-refractivity contribution in [3.05, 3.63) is 132 Å². The average molecular weight is 807 g/mol. The van der Waals surface area contributed by atoms with Crippen LogP contribution in [0.2, 0.25) is 0 Å². The Morgan fingerprint density at radius 3 is 2.19 bits per heavy atom.